The first-order chi connectivity index (χ1) is 15.5. The van der Waals surface area contributed by atoms with Crippen molar-refractivity contribution < 1.29 is 19.1 Å². The number of hydrazine groups is 1. The molecule has 8 nitrogen and oxygen atoms in total. The predicted octanol–water partition coefficient (Wildman–Crippen LogP) is 2.29. The lowest BCUT2D eigenvalue weighted by Gasteiger charge is -2.38. The quantitative estimate of drug-likeness (QED) is 0.676. The maximum absolute atomic E-state index is 13.3. The van der Waals surface area contributed by atoms with Crippen LogP contribution in [0.2, 0.25) is 0 Å². The fourth-order valence-electron chi connectivity index (χ4n) is 4.49. The molecule has 0 aromatic heterocycles. The van der Waals surface area contributed by atoms with Crippen molar-refractivity contribution >= 4 is 29.2 Å². The molecule has 0 spiro atoms. The number of rotatable bonds is 6. The summed E-state index contributed by atoms with van der Waals surface area (Å²) in [6.07, 6.45) is 0.949. The number of nitrogens with zero attached hydrogens (tertiary/aromatic N) is 2. The fourth-order valence-corrected chi connectivity index (χ4v) is 4.49. The molecule has 4 rings (SSSR count). The van der Waals surface area contributed by atoms with E-state index < -0.39 is 11.9 Å². The SMILES string of the molecule is CCCN1CC(C(=O)Nc2ccc(C(=O)OC)cc2)C2NN(c3ccccc3)C(=O)C2C1. The van der Waals surface area contributed by atoms with Crippen LogP contribution in [0.3, 0.4) is 0 Å². The van der Waals surface area contributed by atoms with Crippen molar-refractivity contribution in [1.29, 1.82) is 0 Å². The highest BCUT2D eigenvalue weighted by atomic mass is 16.5. The number of esters is 1. The summed E-state index contributed by atoms with van der Waals surface area (Å²) >= 11 is 0. The van der Waals surface area contributed by atoms with Gasteiger partial charge in [0.15, 0.2) is 0 Å². The zero-order valence-corrected chi connectivity index (χ0v) is 18.3. The molecule has 2 fully saturated rings. The lowest BCUT2D eigenvalue weighted by atomic mass is 9.84. The van der Waals surface area contributed by atoms with E-state index in [2.05, 4.69) is 22.6 Å². The number of hydrogen-bond donors (Lipinski definition) is 2. The molecule has 0 saturated carbocycles. The largest absolute Gasteiger partial charge is 0.465 e. The Morgan fingerprint density at radius 3 is 2.47 bits per heavy atom. The molecule has 2 heterocycles. The number of amides is 2. The third kappa shape index (κ3) is 4.37. The minimum absolute atomic E-state index is 0.0118. The maximum Gasteiger partial charge on any atom is 0.337 e. The number of carbonyl (C=O) groups is 3. The Labute approximate surface area is 187 Å². The Kier molecular flexibility index (Phi) is 6.53. The van der Waals surface area contributed by atoms with Crippen LogP contribution in [0.15, 0.2) is 54.6 Å². The van der Waals surface area contributed by atoms with Crippen molar-refractivity contribution in [2.45, 2.75) is 19.4 Å². The van der Waals surface area contributed by atoms with Crippen molar-refractivity contribution in [1.82, 2.24) is 10.3 Å². The van der Waals surface area contributed by atoms with Gasteiger partial charge >= 0.3 is 5.97 Å². The van der Waals surface area contributed by atoms with Gasteiger partial charge in [0.05, 0.1) is 36.2 Å². The van der Waals surface area contributed by atoms with Crippen LogP contribution in [0.25, 0.3) is 0 Å². The average Bonchev–Trinajstić information content (AvgIpc) is 3.15. The van der Waals surface area contributed by atoms with E-state index >= 15 is 0 Å². The number of fused-ring (bicyclic) bond motifs is 1. The van der Waals surface area contributed by atoms with E-state index in [4.69, 9.17) is 4.74 Å². The second-order valence-electron chi connectivity index (χ2n) is 8.19. The number of piperidine rings is 1. The highest BCUT2D eigenvalue weighted by Crippen LogP contribution is 2.32. The number of para-hydroxylation sites is 1. The van der Waals surface area contributed by atoms with Gasteiger partial charge in [0, 0.05) is 18.8 Å². The molecule has 2 aliphatic rings. The first-order valence-electron chi connectivity index (χ1n) is 10.9. The predicted molar refractivity (Wildman–Crippen MR) is 121 cm³/mol. The highest BCUT2D eigenvalue weighted by molar-refractivity contribution is 6.00. The van der Waals surface area contributed by atoms with E-state index in [1.165, 1.54) is 7.11 Å². The van der Waals surface area contributed by atoms with Gasteiger partial charge in [0.25, 0.3) is 0 Å². The summed E-state index contributed by atoms with van der Waals surface area (Å²) in [5.41, 5.74) is 5.08. The van der Waals surface area contributed by atoms with E-state index in [0.717, 1.165) is 18.7 Å². The molecular formula is C24H28N4O4. The molecule has 168 valence electrons. The summed E-state index contributed by atoms with van der Waals surface area (Å²) in [5, 5.41) is 4.53. The van der Waals surface area contributed by atoms with Crippen molar-refractivity contribution in [3.8, 4) is 0 Å². The molecular weight excluding hydrogens is 408 g/mol. The van der Waals surface area contributed by atoms with Crippen LogP contribution in [0, 0.1) is 11.8 Å². The van der Waals surface area contributed by atoms with Gasteiger partial charge in [-0.25, -0.2) is 15.2 Å². The van der Waals surface area contributed by atoms with Crippen LogP contribution < -0.4 is 15.8 Å². The Morgan fingerprint density at radius 2 is 1.81 bits per heavy atom. The van der Waals surface area contributed by atoms with Crippen LogP contribution in [0.1, 0.15) is 23.7 Å². The minimum atomic E-state index is -0.428. The molecule has 3 atom stereocenters. The number of anilines is 2. The Balaban J connectivity index is 1.53. The number of nitrogens with one attached hydrogen (secondary N) is 2. The van der Waals surface area contributed by atoms with E-state index in [9.17, 15) is 14.4 Å². The second kappa shape index (κ2) is 9.50. The number of ether oxygens (including phenoxy) is 1. The topological polar surface area (TPSA) is 91.0 Å². The van der Waals surface area contributed by atoms with Crippen LogP contribution in [-0.4, -0.2) is 55.5 Å². The Morgan fingerprint density at radius 1 is 1.09 bits per heavy atom. The molecule has 32 heavy (non-hydrogen) atoms. The van der Waals surface area contributed by atoms with Gasteiger partial charge in [-0.3, -0.25) is 9.59 Å². The Bertz CT molecular complexity index is 979. The number of benzene rings is 2. The molecule has 2 aliphatic heterocycles. The number of likely N-dealkylation sites (tertiary alicyclic amines) is 1. The van der Waals surface area contributed by atoms with E-state index in [-0.39, 0.29) is 23.8 Å². The van der Waals surface area contributed by atoms with Gasteiger partial charge in [0.1, 0.15) is 0 Å². The minimum Gasteiger partial charge on any atom is -0.465 e. The first-order valence-corrected chi connectivity index (χ1v) is 10.9. The van der Waals surface area contributed by atoms with Crippen LogP contribution in [0.4, 0.5) is 11.4 Å². The van der Waals surface area contributed by atoms with Crippen molar-refractivity contribution in [3.63, 3.8) is 0 Å². The molecule has 3 unspecified atom stereocenters. The standard InChI is InChI=1S/C24H28N4O4/c1-3-13-27-14-19(22(29)25-17-11-9-16(10-12-17)24(31)32-2)21-20(15-27)23(30)28(26-21)18-7-5-4-6-8-18/h4-12,19-21,26H,3,13-15H2,1-2H3,(H,25,29). The number of carbonyl (C=O) groups excluding carboxylic acids is 3. The smallest absolute Gasteiger partial charge is 0.337 e. The van der Waals surface area contributed by atoms with Gasteiger partial charge in [-0.1, -0.05) is 25.1 Å². The molecule has 2 aromatic carbocycles. The van der Waals surface area contributed by atoms with Crippen LogP contribution in [-0.2, 0) is 14.3 Å². The van der Waals surface area contributed by atoms with Crippen LogP contribution in [0.5, 0.6) is 0 Å². The maximum atomic E-state index is 13.3. The van der Waals surface area contributed by atoms with Gasteiger partial charge in [0.2, 0.25) is 11.8 Å². The van der Waals surface area contributed by atoms with Crippen molar-refractivity contribution in [2.24, 2.45) is 11.8 Å². The lowest BCUT2D eigenvalue weighted by molar-refractivity contribution is -0.126. The molecule has 2 saturated heterocycles. The third-order valence-electron chi connectivity index (χ3n) is 6.06. The number of hydrogen-bond acceptors (Lipinski definition) is 6. The van der Waals surface area contributed by atoms with Gasteiger partial charge < -0.3 is 15.0 Å². The summed E-state index contributed by atoms with van der Waals surface area (Å²) in [6.45, 7) is 4.13. The van der Waals surface area contributed by atoms with Crippen molar-refractivity contribution in [2.75, 3.05) is 37.1 Å². The molecule has 2 aromatic rings. The molecule has 0 bridgehead atoms. The van der Waals surface area contributed by atoms with Gasteiger partial charge in [-0.2, -0.15) is 0 Å². The fraction of sp³-hybridized carbons (Fsp3) is 0.375. The summed E-state index contributed by atoms with van der Waals surface area (Å²) in [5.74, 6) is -1.29. The third-order valence-corrected chi connectivity index (χ3v) is 6.06. The molecule has 0 aliphatic carbocycles. The zero-order chi connectivity index (χ0) is 22.7. The first kappa shape index (κ1) is 22.0. The molecule has 2 N–H and O–H groups in total. The van der Waals surface area contributed by atoms with E-state index in [1.807, 2.05) is 30.3 Å². The average molecular weight is 437 g/mol. The second-order valence-corrected chi connectivity index (χ2v) is 8.19. The monoisotopic (exact) mass is 436 g/mol. The van der Waals surface area contributed by atoms with Gasteiger partial charge in [-0.05, 0) is 49.4 Å². The summed E-state index contributed by atoms with van der Waals surface area (Å²) in [7, 11) is 1.33. The van der Waals surface area contributed by atoms with Gasteiger partial charge in [-0.15, -0.1) is 0 Å². The zero-order valence-electron chi connectivity index (χ0n) is 18.3. The normalized spacial score (nSPS) is 23.0. The summed E-state index contributed by atoms with van der Waals surface area (Å²) < 4.78 is 4.71. The Hall–Kier alpha value is -3.23. The van der Waals surface area contributed by atoms with E-state index in [0.29, 0.717) is 24.3 Å². The van der Waals surface area contributed by atoms with Crippen molar-refractivity contribution in [3.05, 3.63) is 60.2 Å². The van der Waals surface area contributed by atoms with E-state index in [1.54, 1.807) is 29.3 Å². The lowest BCUT2D eigenvalue weighted by Crippen LogP contribution is -2.56. The highest BCUT2D eigenvalue weighted by Gasteiger charge is 2.50. The summed E-state index contributed by atoms with van der Waals surface area (Å²) in [6, 6.07) is 15.7. The molecule has 0 radical (unpaired) electrons. The van der Waals surface area contributed by atoms with Crippen LogP contribution >= 0.6 is 0 Å². The summed E-state index contributed by atoms with van der Waals surface area (Å²) in [4.78, 5) is 40.3. The molecule has 8 heteroatoms. The molecule has 2 amide bonds. The number of methoxy groups -OCH3 is 1.